The lowest BCUT2D eigenvalue weighted by Crippen LogP contribution is -2.40. The number of halogens is 1. The monoisotopic (exact) mass is 317 g/mol. The molecular weight excluding hydrogens is 298 g/mol. The van der Waals surface area contributed by atoms with Gasteiger partial charge in [-0.15, -0.1) is 0 Å². The molecule has 0 saturated carbocycles. The number of hydrogen-bond acceptors (Lipinski definition) is 3. The largest absolute Gasteiger partial charge is 0.301 e. The number of carbonyl (C=O) groups excluding carboxylic acids is 1. The fraction of sp³-hybridized carbons (Fsp3) is 0.412. The third-order valence-corrected chi connectivity index (χ3v) is 4.38. The fourth-order valence-electron chi connectivity index (χ4n) is 3.02. The van der Waals surface area contributed by atoms with Gasteiger partial charge < -0.3 is 4.90 Å². The number of Topliss-reactive ketones (excluding diaryl/α,β-unsaturated/α-hetero) is 1. The number of piperidine rings is 1. The van der Waals surface area contributed by atoms with Gasteiger partial charge in [-0.25, -0.2) is 0 Å². The van der Waals surface area contributed by atoms with Gasteiger partial charge in [0.2, 0.25) is 0 Å². The summed E-state index contributed by atoms with van der Waals surface area (Å²) in [5, 5.41) is 4.86. The van der Waals surface area contributed by atoms with E-state index in [1.54, 1.807) is 6.20 Å². The molecule has 22 heavy (non-hydrogen) atoms. The fourth-order valence-corrected chi connectivity index (χ4v) is 3.17. The topological polar surface area (TPSA) is 38.1 Å². The zero-order chi connectivity index (χ0) is 15.4. The van der Waals surface area contributed by atoms with E-state index >= 15 is 0 Å². The third-order valence-electron chi connectivity index (χ3n) is 4.18. The Bertz CT molecular complexity index is 626. The maximum absolute atomic E-state index is 12.6. The number of benzene rings is 1. The molecule has 0 aliphatic carbocycles. The quantitative estimate of drug-likeness (QED) is 0.795. The predicted octanol–water partition coefficient (Wildman–Crippen LogP) is 3.13. The second-order valence-electron chi connectivity index (χ2n) is 5.79. The lowest BCUT2D eigenvalue weighted by molar-refractivity contribution is 0.0815. The highest BCUT2D eigenvalue weighted by Crippen LogP contribution is 2.21. The molecule has 1 aromatic carbocycles. The van der Waals surface area contributed by atoms with Crippen LogP contribution in [0.4, 0.5) is 0 Å². The van der Waals surface area contributed by atoms with E-state index in [1.165, 1.54) is 0 Å². The van der Waals surface area contributed by atoms with Crippen molar-refractivity contribution < 1.29 is 4.79 Å². The Labute approximate surface area is 135 Å². The van der Waals surface area contributed by atoms with E-state index in [0.717, 1.165) is 44.6 Å². The zero-order valence-corrected chi connectivity index (χ0v) is 13.2. The lowest BCUT2D eigenvalue weighted by atomic mass is 9.90. The first-order valence-electron chi connectivity index (χ1n) is 7.72. The van der Waals surface area contributed by atoms with Crippen molar-refractivity contribution in [2.75, 3.05) is 19.6 Å². The molecule has 2 aromatic rings. The van der Waals surface area contributed by atoms with E-state index in [4.69, 9.17) is 11.6 Å². The molecule has 0 amide bonds. The Morgan fingerprint density at radius 2 is 2.09 bits per heavy atom. The van der Waals surface area contributed by atoms with Gasteiger partial charge >= 0.3 is 0 Å². The minimum absolute atomic E-state index is 0.109. The molecule has 1 aliphatic rings. The Morgan fingerprint density at radius 1 is 1.27 bits per heavy atom. The smallest absolute Gasteiger partial charge is 0.167 e. The van der Waals surface area contributed by atoms with Crippen molar-refractivity contribution in [1.29, 1.82) is 0 Å². The SMILES string of the molecule is O=C(c1ccccc1)[C@@H]1CCCN(CCn2cc(Cl)cn2)C1. The van der Waals surface area contributed by atoms with Crippen LogP contribution in [0.1, 0.15) is 23.2 Å². The van der Waals surface area contributed by atoms with E-state index in [-0.39, 0.29) is 11.7 Å². The second-order valence-corrected chi connectivity index (χ2v) is 6.23. The van der Waals surface area contributed by atoms with Crippen molar-refractivity contribution in [1.82, 2.24) is 14.7 Å². The van der Waals surface area contributed by atoms with E-state index in [9.17, 15) is 4.79 Å². The van der Waals surface area contributed by atoms with E-state index in [1.807, 2.05) is 41.2 Å². The Balaban J connectivity index is 1.56. The summed E-state index contributed by atoms with van der Waals surface area (Å²) in [5.41, 5.74) is 0.827. The van der Waals surface area contributed by atoms with E-state index in [0.29, 0.717) is 5.02 Å². The van der Waals surface area contributed by atoms with Gasteiger partial charge in [0.15, 0.2) is 5.78 Å². The van der Waals surface area contributed by atoms with Crippen molar-refractivity contribution in [2.24, 2.45) is 5.92 Å². The van der Waals surface area contributed by atoms with Gasteiger partial charge in [0.05, 0.1) is 17.8 Å². The van der Waals surface area contributed by atoms with Crippen molar-refractivity contribution >= 4 is 17.4 Å². The molecule has 0 N–H and O–H groups in total. The summed E-state index contributed by atoms with van der Waals surface area (Å²) >= 11 is 5.87. The molecule has 1 aliphatic heterocycles. The number of aromatic nitrogens is 2. The van der Waals surface area contributed by atoms with Crippen LogP contribution < -0.4 is 0 Å². The molecule has 116 valence electrons. The van der Waals surface area contributed by atoms with Crippen LogP contribution in [0.25, 0.3) is 0 Å². The number of likely N-dealkylation sites (tertiary alicyclic amines) is 1. The van der Waals surface area contributed by atoms with Gasteiger partial charge in [0.1, 0.15) is 0 Å². The highest BCUT2D eigenvalue weighted by Gasteiger charge is 2.26. The number of nitrogens with zero attached hydrogens (tertiary/aromatic N) is 3. The molecule has 4 nitrogen and oxygen atoms in total. The molecular formula is C17H20ClN3O. The first-order valence-corrected chi connectivity index (χ1v) is 8.10. The Kier molecular flexibility index (Phi) is 4.90. The number of hydrogen-bond donors (Lipinski definition) is 0. The molecule has 1 aromatic heterocycles. The number of ketones is 1. The number of carbonyl (C=O) groups is 1. The highest BCUT2D eigenvalue weighted by atomic mass is 35.5. The molecule has 1 fully saturated rings. The van der Waals surface area contributed by atoms with Crippen LogP contribution in [0, 0.1) is 5.92 Å². The summed E-state index contributed by atoms with van der Waals surface area (Å²) in [7, 11) is 0. The molecule has 0 spiro atoms. The van der Waals surface area contributed by atoms with Crippen molar-refractivity contribution in [3.63, 3.8) is 0 Å². The molecule has 5 heteroatoms. The standard InChI is InChI=1S/C17H20ClN3O/c18-16-11-19-21(13-16)10-9-20-8-4-7-15(12-20)17(22)14-5-2-1-3-6-14/h1-3,5-6,11,13,15H,4,7-10,12H2/t15-/m1/s1. The molecule has 0 unspecified atom stereocenters. The van der Waals surface area contributed by atoms with Crippen LogP contribution in [-0.4, -0.2) is 40.1 Å². The molecule has 2 heterocycles. The zero-order valence-electron chi connectivity index (χ0n) is 12.5. The average molecular weight is 318 g/mol. The normalized spacial score (nSPS) is 19.2. The van der Waals surface area contributed by atoms with Crippen LogP contribution in [0.2, 0.25) is 5.02 Å². The van der Waals surface area contributed by atoms with Gasteiger partial charge in [-0.2, -0.15) is 5.10 Å². The second kappa shape index (κ2) is 7.07. The van der Waals surface area contributed by atoms with Crippen LogP contribution in [-0.2, 0) is 6.54 Å². The summed E-state index contributed by atoms with van der Waals surface area (Å²) in [6.45, 7) is 3.59. The molecule has 0 bridgehead atoms. The average Bonchev–Trinajstić information content (AvgIpc) is 2.99. The molecule has 1 saturated heterocycles. The van der Waals surface area contributed by atoms with Crippen LogP contribution in [0.5, 0.6) is 0 Å². The maximum Gasteiger partial charge on any atom is 0.167 e. The third kappa shape index (κ3) is 3.76. The summed E-state index contributed by atoms with van der Waals surface area (Å²) in [6.07, 6.45) is 5.54. The lowest BCUT2D eigenvalue weighted by Gasteiger charge is -2.31. The molecule has 1 atom stereocenters. The number of rotatable bonds is 5. The van der Waals surface area contributed by atoms with Crippen LogP contribution >= 0.6 is 11.6 Å². The van der Waals surface area contributed by atoms with E-state index in [2.05, 4.69) is 10.00 Å². The van der Waals surface area contributed by atoms with Crippen LogP contribution in [0.15, 0.2) is 42.7 Å². The molecule has 0 radical (unpaired) electrons. The van der Waals surface area contributed by atoms with Crippen molar-refractivity contribution in [2.45, 2.75) is 19.4 Å². The summed E-state index contributed by atoms with van der Waals surface area (Å²) < 4.78 is 1.85. The van der Waals surface area contributed by atoms with Crippen molar-refractivity contribution in [3.05, 3.63) is 53.3 Å². The van der Waals surface area contributed by atoms with E-state index < -0.39 is 0 Å². The maximum atomic E-state index is 12.6. The Hall–Kier alpha value is -1.65. The summed E-state index contributed by atoms with van der Waals surface area (Å²) in [4.78, 5) is 14.9. The van der Waals surface area contributed by atoms with Crippen LogP contribution in [0.3, 0.4) is 0 Å². The van der Waals surface area contributed by atoms with Crippen molar-refractivity contribution in [3.8, 4) is 0 Å². The first kappa shape index (κ1) is 15.3. The summed E-state index contributed by atoms with van der Waals surface area (Å²) in [5.74, 6) is 0.379. The first-order chi connectivity index (χ1) is 10.7. The summed E-state index contributed by atoms with van der Waals surface area (Å²) in [6, 6.07) is 9.61. The minimum atomic E-state index is 0.109. The minimum Gasteiger partial charge on any atom is -0.301 e. The molecule has 3 rings (SSSR count). The van der Waals surface area contributed by atoms with Gasteiger partial charge in [-0.3, -0.25) is 9.48 Å². The highest BCUT2D eigenvalue weighted by molar-refractivity contribution is 6.30. The Morgan fingerprint density at radius 3 is 2.82 bits per heavy atom. The predicted molar refractivity (Wildman–Crippen MR) is 87.2 cm³/mol. The van der Waals surface area contributed by atoms with Gasteiger partial charge in [0.25, 0.3) is 0 Å². The van der Waals surface area contributed by atoms with Gasteiger partial charge in [0, 0.05) is 30.8 Å². The van der Waals surface area contributed by atoms with Gasteiger partial charge in [-0.05, 0) is 19.4 Å². The van der Waals surface area contributed by atoms with Gasteiger partial charge in [-0.1, -0.05) is 41.9 Å².